The van der Waals surface area contributed by atoms with Gasteiger partial charge in [-0.3, -0.25) is 0 Å². The molecule has 5 N–H and O–H groups in total. The summed E-state index contributed by atoms with van der Waals surface area (Å²) >= 11 is 0. The topological polar surface area (TPSA) is 94.3 Å². The molecule has 2 heterocycles. The fraction of sp³-hybridized carbons (Fsp3) is 0.684. The first kappa shape index (κ1) is 16.6. The third-order valence-corrected chi connectivity index (χ3v) is 5.96. The highest BCUT2D eigenvalue weighted by molar-refractivity contribution is 5.70. The molecule has 25 heavy (non-hydrogen) atoms. The number of nitrogens with zero attached hydrogens (tertiary/aromatic N) is 3. The largest absolute Gasteiger partial charge is 0.382 e. The van der Waals surface area contributed by atoms with E-state index in [1.54, 1.807) is 0 Å². The zero-order valence-corrected chi connectivity index (χ0v) is 15.0. The first-order valence-corrected chi connectivity index (χ1v) is 9.84. The minimum atomic E-state index is 0.356. The summed E-state index contributed by atoms with van der Waals surface area (Å²) < 4.78 is 1.85. The van der Waals surface area contributed by atoms with Crippen LogP contribution in [0, 0.1) is 5.92 Å². The Hall–Kier alpha value is -1.82. The summed E-state index contributed by atoms with van der Waals surface area (Å²) in [6.07, 6.45) is 13.2. The highest BCUT2D eigenvalue weighted by Crippen LogP contribution is 2.33. The first-order chi connectivity index (χ1) is 12.2. The molecule has 2 fully saturated rings. The molecule has 0 unspecified atom stereocenters. The second kappa shape index (κ2) is 7.20. The van der Waals surface area contributed by atoms with Gasteiger partial charge in [-0.15, -0.1) is 5.10 Å². The quantitative estimate of drug-likeness (QED) is 0.792. The van der Waals surface area contributed by atoms with Gasteiger partial charge in [0.25, 0.3) is 0 Å². The Bertz CT molecular complexity index is 710. The zero-order chi connectivity index (χ0) is 17.2. The lowest BCUT2D eigenvalue weighted by atomic mass is 9.85. The average molecular weight is 342 g/mol. The molecule has 0 spiro atoms. The second-order valence-corrected chi connectivity index (χ2v) is 7.91. The van der Waals surface area contributed by atoms with E-state index in [0.717, 1.165) is 55.2 Å². The molecule has 6 nitrogen and oxygen atoms in total. The van der Waals surface area contributed by atoms with Crippen molar-refractivity contribution in [2.45, 2.75) is 69.7 Å². The van der Waals surface area contributed by atoms with Crippen LogP contribution in [-0.4, -0.2) is 27.2 Å². The summed E-state index contributed by atoms with van der Waals surface area (Å²) in [6, 6.07) is 2.28. The van der Waals surface area contributed by atoms with E-state index in [4.69, 9.17) is 16.5 Å². The van der Waals surface area contributed by atoms with Gasteiger partial charge < -0.3 is 16.8 Å². The van der Waals surface area contributed by atoms with Crippen LogP contribution in [0.15, 0.2) is 12.3 Å². The van der Waals surface area contributed by atoms with Crippen LogP contribution >= 0.6 is 0 Å². The molecular weight excluding hydrogens is 312 g/mol. The Balaban J connectivity index is 1.54. The molecule has 0 amide bonds. The van der Waals surface area contributed by atoms with Crippen LogP contribution in [0.5, 0.6) is 0 Å². The predicted octanol–water partition coefficient (Wildman–Crippen LogP) is 3.29. The van der Waals surface area contributed by atoms with Gasteiger partial charge in [0.2, 0.25) is 0 Å². The van der Waals surface area contributed by atoms with Gasteiger partial charge in [0.05, 0.1) is 17.6 Å². The van der Waals surface area contributed by atoms with E-state index in [-0.39, 0.29) is 0 Å². The Morgan fingerprint density at radius 2 is 1.84 bits per heavy atom. The van der Waals surface area contributed by atoms with Crippen molar-refractivity contribution in [1.82, 2.24) is 14.6 Å². The van der Waals surface area contributed by atoms with Crippen LogP contribution in [0.1, 0.15) is 69.4 Å². The first-order valence-electron chi connectivity index (χ1n) is 9.84. The number of nitrogens with one attached hydrogen (secondary N) is 1. The minimum absolute atomic E-state index is 0.356. The Labute approximate surface area is 149 Å². The van der Waals surface area contributed by atoms with Crippen LogP contribution in [0.4, 0.5) is 11.5 Å². The Morgan fingerprint density at radius 3 is 2.60 bits per heavy atom. The van der Waals surface area contributed by atoms with Crippen molar-refractivity contribution in [3.8, 4) is 0 Å². The summed E-state index contributed by atoms with van der Waals surface area (Å²) in [5.41, 5.74) is 15.1. The monoisotopic (exact) mass is 342 g/mol. The molecule has 136 valence electrons. The standard InChI is InChI=1S/C19H30N6/c20-15-8-6-14(7-9-15)17-12-25-19(23-17)16(10-18(21)24-25)22-11-13-4-2-1-3-5-13/h10,12-15,22H,1-9,11,20H2,(H2,21,24). The lowest BCUT2D eigenvalue weighted by Crippen LogP contribution is -2.25. The molecule has 2 saturated carbocycles. The van der Waals surface area contributed by atoms with Crippen LogP contribution in [0.25, 0.3) is 5.65 Å². The lowest BCUT2D eigenvalue weighted by molar-refractivity contribution is 0.373. The molecule has 0 aliphatic heterocycles. The number of hydrogen-bond acceptors (Lipinski definition) is 5. The number of aromatic nitrogens is 3. The number of fused-ring (bicyclic) bond motifs is 1. The molecule has 2 aromatic rings. The third-order valence-electron chi connectivity index (χ3n) is 5.96. The smallest absolute Gasteiger partial charge is 0.177 e. The van der Waals surface area contributed by atoms with Crippen molar-refractivity contribution >= 4 is 17.2 Å². The molecule has 2 aromatic heterocycles. The molecule has 4 rings (SSSR count). The number of nitrogens with two attached hydrogens (primary N) is 2. The number of hydrogen-bond donors (Lipinski definition) is 3. The number of nitrogen functional groups attached to an aromatic ring is 1. The maximum Gasteiger partial charge on any atom is 0.177 e. The lowest BCUT2D eigenvalue weighted by Gasteiger charge is -2.24. The predicted molar refractivity (Wildman–Crippen MR) is 102 cm³/mol. The van der Waals surface area contributed by atoms with Crippen molar-refractivity contribution in [3.63, 3.8) is 0 Å². The van der Waals surface area contributed by atoms with Crippen LogP contribution < -0.4 is 16.8 Å². The van der Waals surface area contributed by atoms with Crippen LogP contribution in [-0.2, 0) is 0 Å². The van der Waals surface area contributed by atoms with Crippen molar-refractivity contribution in [3.05, 3.63) is 18.0 Å². The summed E-state index contributed by atoms with van der Waals surface area (Å²) in [4.78, 5) is 4.91. The summed E-state index contributed by atoms with van der Waals surface area (Å²) in [7, 11) is 0. The highest BCUT2D eigenvalue weighted by atomic mass is 15.3. The summed E-state index contributed by atoms with van der Waals surface area (Å²) in [5.74, 6) is 1.79. The van der Waals surface area contributed by atoms with E-state index in [9.17, 15) is 0 Å². The molecule has 6 heteroatoms. The van der Waals surface area contributed by atoms with Gasteiger partial charge in [-0.05, 0) is 44.4 Å². The van der Waals surface area contributed by atoms with E-state index in [0.29, 0.717) is 17.8 Å². The summed E-state index contributed by atoms with van der Waals surface area (Å²) in [5, 5.41) is 8.03. The van der Waals surface area contributed by atoms with Crippen molar-refractivity contribution in [2.24, 2.45) is 11.7 Å². The number of anilines is 2. The molecule has 0 aromatic carbocycles. The fourth-order valence-electron chi connectivity index (χ4n) is 4.40. The van der Waals surface area contributed by atoms with E-state index in [1.807, 2.05) is 10.6 Å². The number of imidazole rings is 1. The molecule has 0 radical (unpaired) electrons. The molecule has 0 saturated heterocycles. The van der Waals surface area contributed by atoms with E-state index < -0.39 is 0 Å². The average Bonchev–Trinajstić information content (AvgIpc) is 3.05. The van der Waals surface area contributed by atoms with Gasteiger partial charge in [0, 0.05) is 24.6 Å². The van der Waals surface area contributed by atoms with Gasteiger partial charge in [-0.2, -0.15) is 0 Å². The number of rotatable bonds is 4. The molecule has 0 bridgehead atoms. The van der Waals surface area contributed by atoms with Crippen LogP contribution in [0.3, 0.4) is 0 Å². The summed E-state index contributed by atoms with van der Waals surface area (Å²) in [6.45, 7) is 1.000. The normalized spacial score (nSPS) is 25.3. The Morgan fingerprint density at radius 1 is 1.08 bits per heavy atom. The van der Waals surface area contributed by atoms with Crippen LogP contribution in [0.2, 0.25) is 0 Å². The van der Waals surface area contributed by atoms with Gasteiger partial charge in [0.15, 0.2) is 5.65 Å². The zero-order valence-electron chi connectivity index (χ0n) is 15.0. The minimum Gasteiger partial charge on any atom is -0.382 e. The van der Waals surface area contributed by atoms with Gasteiger partial charge in [0.1, 0.15) is 5.82 Å². The van der Waals surface area contributed by atoms with Crippen molar-refractivity contribution in [1.29, 1.82) is 0 Å². The molecule has 2 aliphatic rings. The molecule has 2 aliphatic carbocycles. The maximum atomic E-state index is 6.04. The van der Waals surface area contributed by atoms with Gasteiger partial charge in [-0.25, -0.2) is 9.50 Å². The molecule has 0 atom stereocenters. The van der Waals surface area contributed by atoms with E-state index in [1.165, 1.54) is 32.1 Å². The van der Waals surface area contributed by atoms with Crippen molar-refractivity contribution < 1.29 is 0 Å². The van der Waals surface area contributed by atoms with Crippen molar-refractivity contribution in [2.75, 3.05) is 17.6 Å². The van der Waals surface area contributed by atoms with E-state index in [2.05, 4.69) is 16.6 Å². The maximum absolute atomic E-state index is 6.04. The van der Waals surface area contributed by atoms with Gasteiger partial charge >= 0.3 is 0 Å². The Kier molecular flexibility index (Phi) is 4.79. The second-order valence-electron chi connectivity index (χ2n) is 7.91. The molecular formula is C19H30N6. The fourth-order valence-corrected chi connectivity index (χ4v) is 4.40. The van der Waals surface area contributed by atoms with E-state index >= 15 is 0 Å². The van der Waals surface area contributed by atoms with Gasteiger partial charge in [-0.1, -0.05) is 19.3 Å². The highest BCUT2D eigenvalue weighted by Gasteiger charge is 2.23. The SMILES string of the molecule is Nc1cc(NCC2CCCCC2)c2nc(C3CCC(N)CC3)cn2n1. The third kappa shape index (κ3) is 3.73.